The van der Waals surface area contributed by atoms with Crippen molar-refractivity contribution in [3.05, 3.63) is 40.8 Å². The molecular formula is C18H18ClNO5S. The molecule has 2 rings (SSSR count). The molecule has 0 saturated carbocycles. The fourth-order valence-corrected chi connectivity index (χ4v) is 3.49. The molecule has 0 bridgehead atoms. The molecule has 26 heavy (non-hydrogen) atoms. The van der Waals surface area contributed by atoms with Crippen molar-refractivity contribution in [2.24, 2.45) is 0 Å². The number of anilines is 1. The number of esters is 2. The van der Waals surface area contributed by atoms with Crippen LogP contribution in [-0.2, 0) is 14.3 Å². The number of amides is 1. The molecule has 138 valence electrons. The number of carbonyl (C=O) groups excluding carboxylic acids is 3. The van der Waals surface area contributed by atoms with Crippen molar-refractivity contribution in [3.63, 3.8) is 0 Å². The van der Waals surface area contributed by atoms with Crippen LogP contribution in [0.1, 0.15) is 33.9 Å². The number of benzene rings is 1. The lowest BCUT2D eigenvalue weighted by Crippen LogP contribution is -2.15. The van der Waals surface area contributed by atoms with Crippen molar-refractivity contribution < 1.29 is 23.9 Å². The highest BCUT2D eigenvalue weighted by Gasteiger charge is 2.30. The Bertz CT molecular complexity index is 803. The molecule has 0 saturated heterocycles. The van der Waals surface area contributed by atoms with Gasteiger partial charge in [-0.1, -0.05) is 30.3 Å². The maximum Gasteiger partial charge on any atom is 0.349 e. The van der Waals surface area contributed by atoms with Crippen molar-refractivity contribution in [1.29, 1.82) is 0 Å². The summed E-state index contributed by atoms with van der Waals surface area (Å²) in [6, 6.07) is 8.92. The maximum absolute atomic E-state index is 12.6. The summed E-state index contributed by atoms with van der Waals surface area (Å²) in [5.41, 5.74) is 1.13. The lowest BCUT2D eigenvalue weighted by Gasteiger charge is -2.09. The van der Waals surface area contributed by atoms with Gasteiger partial charge >= 0.3 is 11.9 Å². The largest absolute Gasteiger partial charge is 0.462 e. The summed E-state index contributed by atoms with van der Waals surface area (Å²) in [6.45, 7) is 3.70. The van der Waals surface area contributed by atoms with Crippen LogP contribution >= 0.6 is 22.9 Å². The lowest BCUT2D eigenvalue weighted by atomic mass is 10.0. The highest BCUT2D eigenvalue weighted by molar-refractivity contribution is 7.19. The highest BCUT2D eigenvalue weighted by atomic mass is 35.5. The third-order valence-corrected chi connectivity index (χ3v) is 4.61. The summed E-state index contributed by atoms with van der Waals surface area (Å²) in [5.74, 6) is -1.99. The van der Waals surface area contributed by atoms with Crippen LogP contribution in [0.15, 0.2) is 30.3 Å². The van der Waals surface area contributed by atoms with E-state index in [0.29, 0.717) is 11.1 Å². The molecule has 0 spiro atoms. The number of rotatable bonds is 7. The number of alkyl halides is 1. The predicted octanol–water partition coefficient (Wildman–Crippen LogP) is 3.95. The minimum absolute atomic E-state index is 0.115. The lowest BCUT2D eigenvalue weighted by molar-refractivity contribution is -0.113. The SMILES string of the molecule is CCOC(=O)c1sc(NC(=O)CCl)c(C(=O)OCC)c1-c1ccccc1. The van der Waals surface area contributed by atoms with Crippen LogP contribution in [0.3, 0.4) is 0 Å². The van der Waals surface area contributed by atoms with Gasteiger partial charge in [-0.05, 0) is 19.4 Å². The standard InChI is InChI=1S/C18H18ClNO5S/c1-3-24-17(22)14-13(11-8-6-5-7-9-11)15(18(23)25-4-2)26-16(14)20-12(21)10-19/h5-9H,3-4,10H2,1-2H3,(H,20,21). The molecule has 1 aromatic heterocycles. The first-order chi connectivity index (χ1) is 12.5. The van der Waals surface area contributed by atoms with Gasteiger partial charge in [0.2, 0.25) is 5.91 Å². The fraction of sp³-hybridized carbons (Fsp3) is 0.278. The zero-order valence-electron chi connectivity index (χ0n) is 14.3. The molecule has 1 aromatic carbocycles. The molecule has 6 nitrogen and oxygen atoms in total. The molecule has 0 radical (unpaired) electrons. The Morgan fingerprint density at radius 2 is 1.65 bits per heavy atom. The maximum atomic E-state index is 12.6. The molecule has 0 aliphatic heterocycles. The van der Waals surface area contributed by atoms with E-state index < -0.39 is 17.8 Å². The van der Waals surface area contributed by atoms with E-state index in [1.807, 2.05) is 6.07 Å². The van der Waals surface area contributed by atoms with E-state index in [2.05, 4.69) is 5.32 Å². The number of carbonyl (C=O) groups is 3. The van der Waals surface area contributed by atoms with E-state index >= 15 is 0 Å². The van der Waals surface area contributed by atoms with Crippen LogP contribution in [0, 0.1) is 0 Å². The van der Waals surface area contributed by atoms with E-state index in [9.17, 15) is 14.4 Å². The summed E-state index contributed by atoms with van der Waals surface area (Å²) in [4.78, 5) is 37.0. The molecular weight excluding hydrogens is 378 g/mol. The Balaban J connectivity index is 2.71. The quantitative estimate of drug-likeness (QED) is 0.567. The van der Waals surface area contributed by atoms with Crippen molar-refractivity contribution >= 4 is 45.8 Å². The highest BCUT2D eigenvalue weighted by Crippen LogP contribution is 2.41. The number of thiophene rings is 1. The Morgan fingerprint density at radius 1 is 1.04 bits per heavy atom. The van der Waals surface area contributed by atoms with Gasteiger partial charge in [-0.15, -0.1) is 22.9 Å². The summed E-state index contributed by atoms with van der Waals surface area (Å²) >= 11 is 6.52. The smallest absolute Gasteiger partial charge is 0.349 e. The average molecular weight is 396 g/mol. The number of hydrogen-bond acceptors (Lipinski definition) is 6. The predicted molar refractivity (Wildman–Crippen MR) is 101 cm³/mol. The van der Waals surface area contributed by atoms with Gasteiger partial charge in [0, 0.05) is 5.56 Å². The molecule has 1 N–H and O–H groups in total. The number of halogens is 1. The second-order valence-electron chi connectivity index (χ2n) is 5.00. The monoisotopic (exact) mass is 395 g/mol. The van der Waals surface area contributed by atoms with Crippen molar-refractivity contribution in [2.75, 3.05) is 24.4 Å². The summed E-state index contributed by atoms with van der Waals surface area (Å²) in [7, 11) is 0. The fourth-order valence-electron chi connectivity index (χ4n) is 2.30. The van der Waals surface area contributed by atoms with Crippen LogP contribution in [0.2, 0.25) is 0 Å². The molecule has 1 amide bonds. The minimum Gasteiger partial charge on any atom is -0.462 e. The zero-order chi connectivity index (χ0) is 19.1. The molecule has 1 heterocycles. The zero-order valence-corrected chi connectivity index (χ0v) is 15.9. The first kappa shape index (κ1) is 19.9. The van der Waals surface area contributed by atoms with Gasteiger partial charge in [0.1, 0.15) is 21.3 Å². The minimum atomic E-state index is -0.636. The van der Waals surface area contributed by atoms with Crippen LogP contribution in [0.4, 0.5) is 5.00 Å². The van der Waals surface area contributed by atoms with Crippen LogP contribution in [0.5, 0.6) is 0 Å². The summed E-state index contributed by atoms with van der Waals surface area (Å²) in [6.07, 6.45) is 0. The van der Waals surface area contributed by atoms with Crippen molar-refractivity contribution in [2.45, 2.75) is 13.8 Å². The van der Waals surface area contributed by atoms with Gasteiger partial charge in [-0.25, -0.2) is 9.59 Å². The normalized spacial score (nSPS) is 10.3. The average Bonchev–Trinajstić information content (AvgIpc) is 3.02. The number of ether oxygens (including phenoxy) is 2. The number of nitrogens with one attached hydrogen (secondary N) is 1. The second kappa shape index (κ2) is 9.35. The Labute approximate surface area is 160 Å². The van der Waals surface area contributed by atoms with Crippen LogP contribution < -0.4 is 5.32 Å². The van der Waals surface area contributed by atoms with E-state index in [4.69, 9.17) is 21.1 Å². The Morgan fingerprint density at radius 3 is 2.23 bits per heavy atom. The van der Waals surface area contributed by atoms with Gasteiger partial charge in [0.15, 0.2) is 0 Å². The van der Waals surface area contributed by atoms with Gasteiger partial charge in [-0.2, -0.15) is 0 Å². The van der Waals surface area contributed by atoms with Crippen molar-refractivity contribution in [3.8, 4) is 11.1 Å². The van der Waals surface area contributed by atoms with Gasteiger partial charge in [0.05, 0.1) is 13.2 Å². The van der Waals surface area contributed by atoms with E-state index in [0.717, 1.165) is 11.3 Å². The second-order valence-corrected chi connectivity index (χ2v) is 6.29. The van der Waals surface area contributed by atoms with Crippen LogP contribution in [0.25, 0.3) is 11.1 Å². The summed E-state index contributed by atoms with van der Waals surface area (Å²) < 4.78 is 10.2. The number of hydrogen-bond donors (Lipinski definition) is 1. The van der Waals surface area contributed by atoms with Gasteiger partial charge in [0.25, 0.3) is 0 Å². The van der Waals surface area contributed by atoms with Crippen LogP contribution in [-0.4, -0.2) is 36.9 Å². The molecule has 0 aliphatic rings. The first-order valence-electron chi connectivity index (χ1n) is 7.95. The molecule has 8 heteroatoms. The molecule has 0 unspecified atom stereocenters. The molecule has 2 aromatic rings. The summed E-state index contributed by atoms with van der Waals surface area (Å²) in [5, 5.41) is 2.77. The molecule has 0 atom stereocenters. The van der Waals surface area contributed by atoms with Crippen molar-refractivity contribution in [1.82, 2.24) is 0 Å². The molecule has 0 fully saturated rings. The van der Waals surface area contributed by atoms with Gasteiger partial charge in [-0.3, -0.25) is 4.79 Å². The van der Waals surface area contributed by atoms with Gasteiger partial charge < -0.3 is 14.8 Å². The first-order valence-corrected chi connectivity index (χ1v) is 9.30. The van der Waals surface area contributed by atoms with E-state index in [-0.39, 0.29) is 34.5 Å². The topological polar surface area (TPSA) is 81.7 Å². The van der Waals surface area contributed by atoms with E-state index in [1.54, 1.807) is 38.1 Å². The van der Waals surface area contributed by atoms with E-state index in [1.165, 1.54) is 0 Å². The molecule has 0 aliphatic carbocycles. The Kier molecular flexibility index (Phi) is 7.17. The third-order valence-electron chi connectivity index (χ3n) is 3.29. The third kappa shape index (κ3) is 4.42. The Hall–Kier alpha value is -2.38.